The van der Waals surface area contributed by atoms with E-state index in [1.807, 2.05) is 6.92 Å². The highest BCUT2D eigenvalue weighted by Gasteiger charge is 2.47. The van der Waals surface area contributed by atoms with E-state index in [2.05, 4.69) is 25.3 Å². The van der Waals surface area contributed by atoms with Gasteiger partial charge in [-0.15, -0.1) is 0 Å². The summed E-state index contributed by atoms with van der Waals surface area (Å²) in [5, 5.41) is 13.3. The van der Waals surface area contributed by atoms with Crippen LogP contribution in [0.5, 0.6) is 0 Å². The zero-order valence-electron chi connectivity index (χ0n) is 21.4. The first-order valence-corrected chi connectivity index (χ1v) is 14.1. The van der Waals surface area contributed by atoms with Crippen molar-refractivity contribution in [2.75, 3.05) is 5.32 Å². The number of hydrogen-bond acceptors (Lipinski definition) is 7. The quantitative estimate of drug-likeness (QED) is 0.246. The predicted octanol–water partition coefficient (Wildman–Crippen LogP) is 4.84. The molecule has 210 valence electrons. The highest BCUT2D eigenvalue weighted by atomic mass is 32.2. The number of rotatable bonds is 5. The van der Waals surface area contributed by atoms with E-state index in [9.17, 15) is 27.1 Å². The fourth-order valence-corrected chi connectivity index (χ4v) is 6.12. The lowest BCUT2D eigenvalue weighted by Gasteiger charge is -2.47. The second-order valence-corrected chi connectivity index (χ2v) is 11.6. The molecule has 40 heavy (non-hydrogen) atoms. The number of halogens is 2. The molecule has 0 unspecified atom stereocenters. The Morgan fingerprint density at radius 2 is 1.73 bits per heavy atom. The van der Waals surface area contributed by atoms with Crippen LogP contribution in [-0.2, 0) is 14.9 Å². The minimum absolute atomic E-state index is 0.0301. The van der Waals surface area contributed by atoms with Crippen LogP contribution in [0.25, 0.3) is 22.4 Å². The third-order valence-electron chi connectivity index (χ3n) is 7.61. The van der Waals surface area contributed by atoms with Crippen LogP contribution in [0.1, 0.15) is 31.2 Å². The number of aromatic amines is 1. The van der Waals surface area contributed by atoms with Gasteiger partial charge in [-0.25, -0.2) is 23.7 Å². The molecule has 0 aliphatic heterocycles. The average molecular weight is 572 g/mol. The van der Waals surface area contributed by atoms with Crippen LogP contribution in [0.2, 0.25) is 0 Å². The number of fused-ring (bicyclic) bond motifs is 4. The van der Waals surface area contributed by atoms with Gasteiger partial charge in [-0.2, -0.15) is 8.42 Å². The van der Waals surface area contributed by atoms with E-state index in [0.717, 1.165) is 43.6 Å². The fraction of sp³-hybridized carbons (Fsp3) is 0.333. The number of nitrogens with zero attached hydrogens (tertiary/aromatic N) is 3. The van der Waals surface area contributed by atoms with Crippen molar-refractivity contribution < 1.29 is 31.7 Å². The number of pyridine rings is 1. The van der Waals surface area contributed by atoms with Crippen LogP contribution in [-0.4, -0.2) is 50.0 Å². The molecule has 7 rings (SSSR count). The van der Waals surface area contributed by atoms with Crippen molar-refractivity contribution in [2.24, 2.45) is 17.8 Å². The summed E-state index contributed by atoms with van der Waals surface area (Å²) in [4.78, 5) is 27.0. The van der Waals surface area contributed by atoms with Crippen LogP contribution >= 0.6 is 0 Å². The number of hydrogen-bond donors (Lipinski definition) is 4. The Kier molecular flexibility index (Phi) is 7.51. The minimum Gasteiger partial charge on any atom is -0.481 e. The monoisotopic (exact) mass is 571 g/mol. The van der Waals surface area contributed by atoms with Crippen molar-refractivity contribution in [3.8, 4) is 11.4 Å². The summed E-state index contributed by atoms with van der Waals surface area (Å²) in [7, 11) is -4.02. The molecule has 3 aliphatic rings. The molecular weight excluding hydrogens is 544 g/mol. The molecule has 1 aromatic carbocycles. The van der Waals surface area contributed by atoms with E-state index in [1.54, 1.807) is 18.3 Å². The molecule has 0 spiro atoms. The van der Waals surface area contributed by atoms with Crippen LogP contribution in [0.15, 0.2) is 53.8 Å². The van der Waals surface area contributed by atoms with E-state index >= 15 is 0 Å². The molecule has 4 N–H and O–H groups in total. The summed E-state index contributed by atoms with van der Waals surface area (Å²) in [5.41, 5.74) is 1.92. The Morgan fingerprint density at radius 1 is 1.05 bits per heavy atom. The second-order valence-electron chi connectivity index (χ2n) is 10.1. The van der Waals surface area contributed by atoms with Crippen molar-refractivity contribution in [1.29, 1.82) is 0 Å². The number of carboxylic acids is 1. The molecule has 3 heterocycles. The number of carbonyl (C=O) groups is 1. The predicted molar refractivity (Wildman–Crippen MR) is 142 cm³/mol. The molecule has 2 atom stereocenters. The molecule has 3 aliphatic carbocycles. The first-order chi connectivity index (χ1) is 19.0. The van der Waals surface area contributed by atoms with Gasteiger partial charge < -0.3 is 15.4 Å². The zero-order valence-corrected chi connectivity index (χ0v) is 22.2. The number of aliphatic carboxylic acids is 1. The maximum Gasteiger partial charge on any atom is 0.308 e. The Bertz CT molecular complexity index is 1650. The highest BCUT2D eigenvalue weighted by Crippen LogP contribution is 2.46. The standard InChI is InChI=1S/C20H19F2N5O2.C7H8O3S/c21-11-5-12-13(7-24-17(12)23-6-11)18-25-8-14(22)19(27-18)26-16-10-3-1-9(2-4-10)15(16)20(28)29;1-6-2-4-7(5-3-6)11(8,9)10/h5-10,15-16H,1-4H2,(H,23,24)(H,28,29)(H,25,26,27);2-5H,1H3,(H,8,9,10)/t9?,10?,15-,16-;/m0./s1. The van der Waals surface area contributed by atoms with E-state index in [0.29, 0.717) is 16.6 Å². The molecule has 0 radical (unpaired) electrons. The first-order valence-electron chi connectivity index (χ1n) is 12.7. The van der Waals surface area contributed by atoms with Crippen molar-refractivity contribution in [1.82, 2.24) is 19.9 Å². The Morgan fingerprint density at radius 3 is 2.38 bits per heavy atom. The number of anilines is 1. The van der Waals surface area contributed by atoms with Gasteiger partial charge in [-0.05, 0) is 62.6 Å². The summed E-state index contributed by atoms with van der Waals surface area (Å²) in [6, 6.07) is 6.93. The molecule has 10 nitrogen and oxygen atoms in total. The van der Waals surface area contributed by atoms with Gasteiger partial charge in [-0.1, -0.05) is 17.7 Å². The van der Waals surface area contributed by atoms with E-state index in [1.165, 1.54) is 18.2 Å². The molecule has 3 fully saturated rings. The van der Waals surface area contributed by atoms with Gasteiger partial charge in [0.25, 0.3) is 10.1 Å². The van der Waals surface area contributed by atoms with Gasteiger partial charge in [0.1, 0.15) is 11.5 Å². The van der Waals surface area contributed by atoms with Crippen molar-refractivity contribution in [3.63, 3.8) is 0 Å². The molecule has 0 amide bonds. The van der Waals surface area contributed by atoms with Gasteiger partial charge in [0.15, 0.2) is 17.5 Å². The van der Waals surface area contributed by atoms with E-state index < -0.39 is 33.6 Å². The number of carboxylic acid groups (broad SMARTS) is 1. The first kappa shape index (κ1) is 27.6. The lowest BCUT2D eigenvalue weighted by molar-refractivity contribution is -0.148. The van der Waals surface area contributed by atoms with Crippen molar-refractivity contribution in [2.45, 2.75) is 43.5 Å². The van der Waals surface area contributed by atoms with Gasteiger partial charge in [0.05, 0.1) is 23.2 Å². The van der Waals surface area contributed by atoms with E-state index in [-0.39, 0.29) is 34.4 Å². The van der Waals surface area contributed by atoms with Crippen LogP contribution in [0, 0.1) is 36.3 Å². The summed E-state index contributed by atoms with van der Waals surface area (Å²) in [6.45, 7) is 1.84. The molecule has 0 saturated heterocycles. The largest absolute Gasteiger partial charge is 0.481 e. The number of aromatic nitrogens is 4. The van der Waals surface area contributed by atoms with Gasteiger partial charge >= 0.3 is 5.97 Å². The van der Waals surface area contributed by atoms with Crippen LogP contribution in [0.3, 0.4) is 0 Å². The number of aryl methyl sites for hydroxylation is 1. The van der Waals surface area contributed by atoms with E-state index in [4.69, 9.17) is 4.55 Å². The van der Waals surface area contributed by atoms with Crippen molar-refractivity contribution in [3.05, 3.63) is 66.1 Å². The maximum absolute atomic E-state index is 14.5. The number of nitrogens with one attached hydrogen (secondary N) is 2. The van der Waals surface area contributed by atoms with Crippen LogP contribution < -0.4 is 5.32 Å². The van der Waals surface area contributed by atoms with Gasteiger partial charge in [0, 0.05) is 23.2 Å². The molecular formula is C27H27F2N5O5S. The SMILES string of the molecule is Cc1ccc(S(=O)(=O)O)cc1.O=C(O)[C@H]1C2CCC(CC2)[C@@H]1Nc1nc(-c2c[nH]c3ncc(F)cc23)ncc1F. The Labute approximate surface area is 228 Å². The second kappa shape index (κ2) is 10.9. The summed E-state index contributed by atoms with van der Waals surface area (Å²) >= 11 is 0. The smallest absolute Gasteiger partial charge is 0.308 e. The fourth-order valence-electron chi connectivity index (χ4n) is 5.64. The summed E-state index contributed by atoms with van der Waals surface area (Å²) < 4.78 is 57.7. The molecule has 4 aromatic rings. The lowest BCUT2D eigenvalue weighted by atomic mass is 9.61. The third-order valence-corrected chi connectivity index (χ3v) is 8.48. The van der Waals surface area contributed by atoms with Gasteiger partial charge in [0.2, 0.25) is 0 Å². The Hall–Kier alpha value is -3.97. The normalized spacial score (nSPS) is 22.0. The lowest BCUT2D eigenvalue weighted by Crippen LogP contribution is -2.51. The number of benzene rings is 1. The summed E-state index contributed by atoms with van der Waals surface area (Å²) in [5.74, 6) is -2.12. The zero-order chi connectivity index (χ0) is 28.6. The van der Waals surface area contributed by atoms with Crippen molar-refractivity contribution >= 4 is 32.9 Å². The van der Waals surface area contributed by atoms with Gasteiger partial charge in [-0.3, -0.25) is 9.35 Å². The molecule has 2 bridgehead atoms. The Balaban J connectivity index is 0.000000248. The molecule has 3 saturated carbocycles. The minimum atomic E-state index is -4.02. The van der Waals surface area contributed by atoms with Crippen LogP contribution in [0.4, 0.5) is 14.6 Å². The highest BCUT2D eigenvalue weighted by molar-refractivity contribution is 7.85. The maximum atomic E-state index is 14.5. The molecule has 13 heteroatoms. The average Bonchev–Trinajstić information content (AvgIpc) is 3.33. The molecule has 3 aromatic heterocycles. The summed E-state index contributed by atoms with van der Waals surface area (Å²) in [6.07, 6.45) is 7.39. The number of H-pyrrole nitrogens is 1. The third kappa shape index (κ3) is 5.65. The topological polar surface area (TPSA) is 158 Å².